The first-order valence-electron chi connectivity index (χ1n) is 12.5. The molecule has 5 N–H and O–H groups in total. The molecule has 0 aliphatic heterocycles. The molecular formula is C28H29NO9. The SMILES string of the molecule is COc1cccc2c1C(=O)c1c(O)c3c(c(O)c1C2=O)CC(O)(C(C)=O)CC3OC(=O)C1CCCC(N)C1. The fraction of sp³-hybridized carbons (Fsp3) is 0.429. The van der Waals surface area contributed by atoms with E-state index < -0.39 is 76.4 Å². The topological polar surface area (TPSA) is 173 Å². The number of carbonyl (C=O) groups is 4. The fourth-order valence-electron chi connectivity index (χ4n) is 5.97. The van der Waals surface area contributed by atoms with Crippen molar-refractivity contribution in [1.29, 1.82) is 0 Å². The van der Waals surface area contributed by atoms with E-state index in [-0.39, 0.29) is 34.0 Å². The van der Waals surface area contributed by atoms with Crippen LogP contribution in [0.4, 0.5) is 0 Å². The van der Waals surface area contributed by atoms with Crippen molar-refractivity contribution in [2.24, 2.45) is 11.7 Å². The van der Waals surface area contributed by atoms with Gasteiger partial charge in [-0.1, -0.05) is 18.6 Å². The first-order chi connectivity index (χ1) is 18.0. The number of nitrogens with two attached hydrogens (primary N) is 1. The minimum atomic E-state index is -2.04. The van der Waals surface area contributed by atoms with Gasteiger partial charge in [0.15, 0.2) is 11.6 Å². The second-order valence-electron chi connectivity index (χ2n) is 10.4. The maximum atomic E-state index is 13.6. The smallest absolute Gasteiger partial charge is 0.309 e. The van der Waals surface area contributed by atoms with Gasteiger partial charge in [-0.25, -0.2) is 0 Å². The lowest BCUT2D eigenvalue weighted by molar-refractivity contribution is -0.163. The number of esters is 1. The highest BCUT2D eigenvalue weighted by atomic mass is 16.5. The number of hydrogen-bond donors (Lipinski definition) is 4. The van der Waals surface area contributed by atoms with Gasteiger partial charge in [-0.05, 0) is 32.3 Å². The Morgan fingerprint density at radius 2 is 1.76 bits per heavy atom. The molecule has 0 bridgehead atoms. The van der Waals surface area contributed by atoms with Gasteiger partial charge in [-0.2, -0.15) is 0 Å². The first kappa shape index (κ1) is 25.9. The van der Waals surface area contributed by atoms with Crippen molar-refractivity contribution in [1.82, 2.24) is 0 Å². The lowest BCUT2D eigenvalue weighted by atomic mass is 9.72. The van der Waals surface area contributed by atoms with E-state index >= 15 is 0 Å². The summed E-state index contributed by atoms with van der Waals surface area (Å²) in [6, 6.07) is 4.25. The molecule has 10 heteroatoms. The molecule has 0 heterocycles. The summed E-state index contributed by atoms with van der Waals surface area (Å²) in [6.07, 6.45) is 0.261. The van der Waals surface area contributed by atoms with E-state index in [1.807, 2.05) is 0 Å². The van der Waals surface area contributed by atoms with Gasteiger partial charge in [0, 0.05) is 35.6 Å². The van der Waals surface area contributed by atoms with E-state index in [4.69, 9.17) is 15.2 Å². The Hall–Kier alpha value is -3.76. The predicted molar refractivity (Wildman–Crippen MR) is 132 cm³/mol. The zero-order valence-corrected chi connectivity index (χ0v) is 21.1. The number of benzene rings is 2. The van der Waals surface area contributed by atoms with Crippen LogP contribution in [0.2, 0.25) is 0 Å². The zero-order chi connectivity index (χ0) is 27.5. The molecule has 3 aliphatic carbocycles. The number of phenols is 2. The molecule has 10 nitrogen and oxygen atoms in total. The number of Topliss-reactive ketones (excluding diaryl/α,β-unsaturated/α-hetero) is 1. The molecule has 200 valence electrons. The molecule has 2 aromatic rings. The number of hydrogen-bond acceptors (Lipinski definition) is 10. The summed E-state index contributed by atoms with van der Waals surface area (Å²) in [6.45, 7) is 1.16. The molecule has 1 fully saturated rings. The summed E-state index contributed by atoms with van der Waals surface area (Å²) < 4.78 is 11.0. The molecule has 1 saturated carbocycles. The van der Waals surface area contributed by atoms with Crippen molar-refractivity contribution in [3.05, 3.63) is 51.6 Å². The van der Waals surface area contributed by atoms with Crippen molar-refractivity contribution in [2.75, 3.05) is 7.11 Å². The summed E-state index contributed by atoms with van der Waals surface area (Å²) in [5.41, 5.74) is 2.76. The number of ether oxygens (including phenoxy) is 2. The van der Waals surface area contributed by atoms with Crippen LogP contribution in [0.25, 0.3) is 0 Å². The molecule has 4 atom stereocenters. The highest BCUT2D eigenvalue weighted by Gasteiger charge is 2.49. The Labute approximate surface area is 218 Å². The molecule has 0 saturated heterocycles. The Morgan fingerprint density at radius 3 is 2.42 bits per heavy atom. The van der Waals surface area contributed by atoms with Gasteiger partial charge >= 0.3 is 5.97 Å². The molecule has 0 radical (unpaired) electrons. The molecule has 4 unspecified atom stereocenters. The Kier molecular flexibility index (Phi) is 6.27. The van der Waals surface area contributed by atoms with E-state index in [9.17, 15) is 34.5 Å². The van der Waals surface area contributed by atoms with Crippen LogP contribution in [-0.4, -0.2) is 57.4 Å². The number of phenolic OH excluding ortho intramolecular Hbond substituents is 2. The van der Waals surface area contributed by atoms with Crippen LogP contribution in [0.3, 0.4) is 0 Å². The summed E-state index contributed by atoms with van der Waals surface area (Å²) in [5, 5.41) is 33.9. The monoisotopic (exact) mass is 523 g/mol. The van der Waals surface area contributed by atoms with Gasteiger partial charge in [-0.3, -0.25) is 19.2 Å². The van der Waals surface area contributed by atoms with Gasteiger partial charge in [-0.15, -0.1) is 0 Å². The molecule has 3 aliphatic rings. The van der Waals surface area contributed by atoms with Crippen molar-refractivity contribution in [3.8, 4) is 17.2 Å². The van der Waals surface area contributed by atoms with Crippen LogP contribution >= 0.6 is 0 Å². The van der Waals surface area contributed by atoms with E-state index in [0.717, 1.165) is 19.8 Å². The lowest BCUT2D eigenvalue weighted by Gasteiger charge is -2.38. The van der Waals surface area contributed by atoms with E-state index in [2.05, 4.69) is 0 Å². The largest absolute Gasteiger partial charge is 0.507 e. The van der Waals surface area contributed by atoms with Crippen LogP contribution < -0.4 is 10.5 Å². The standard InChI is InChI=1S/C28H29NO9/c1-12(30)28(36)10-16-20(18(11-28)38-27(35)13-5-3-6-14(29)9-13)26(34)22-21(24(16)32)23(31)15-7-4-8-17(37-2)19(15)25(22)33/h4,7-8,13-14,18,32,34,36H,3,5-6,9-11,29H2,1-2H3. The maximum Gasteiger partial charge on any atom is 0.309 e. The lowest BCUT2D eigenvalue weighted by Crippen LogP contribution is -2.45. The van der Waals surface area contributed by atoms with Crippen LogP contribution in [0.15, 0.2) is 18.2 Å². The highest BCUT2D eigenvalue weighted by molar-refractivity contribution is 6.31. The summed E-state index contributed by atoms with van der Waals surface area (Å²) in [5.74, 6) is -4.43. The number of aromatic hydroxyl groups is 2. The van der Waals surface area contributed by atoms with E-state index in [0.29, 0.717) is 12.8 Å². The van der Waals surface area contributed by atoms with Gasteiger partial charge in [0.1, 0.15) is 29.0 Å². The van der Waals surface area contributed by atoms with Crippen LogP contribution in [0.5, 0.6) is 17.2 Å². The second-order valence-corrected chi connectivity index (χ2v) is 10.4. The third-order valence-electron chi connectivity index (χ3n) is 8.04. The highest BCUT2D eigenvalue weighted by Crippen LogP contribution is 2.52. The van der Waals surface area contributed by atoms with Crippen molar-refractivity contribution < 1.29 is 44.0 Å². The summed E-state index contributed by atoms with van der Waals surface area (Å²) in [4.78, 5) is 52.7. The number of carbonyl (C=O) groups excluding carboxylic acids is 4. The molecule has 5 rings (SSSR count). The minimum absolute atomic E-state index is 0.0224. The normalized spacial score (nSPS) is 26.2. The second kappa shape index (κ2) is 9.21. The quantitative estimate of drug-likeness (QED) is 0.293. The number of rotatable bonds is 4. The first-order valence-corrected chi connectivity index (χ1v) is 12.5. The average molecular weight is 524 g/mol. The van der Waals surface area contributed by atoms with Crippen LogP contribution in [-0.2, 0) is 20.7 Å². The average Bonchev–Trinajstić information content (AvgIpc) is 2.88. The minimum Gasteiger partial charge on any atom is -0.507 e. The Bertz CT molecular complexity index is 1400. The molecule has 2 aromatic carbocycles. The third-order valence-corrected chi connectivity index (χ3v) is 8.04. The Balaban J connectivity index is 1.67. The number of ketones is 3. The molecular weight excluding hydrogens is 494 g/mol. The van der Waals surface area contributed by atoms with E-state index in [1.54, 1.807) is 0 Å². The van der Waals surface area contributed by atoms with Gasteiger partial charge < -0.3 is 30.5 Å². The van der Waals surface area contributed by atoms with Crippen molar-refractivity contribution in [3.63, 3.8) is 0 Å². The summed E-state index contributed by atoms with van der Waals surface area (Å²) in [7, 11) is 1.34. The maximum absolute atomic E-state index is 13.6. The van der Waals surface area contributed by atoms with Crippen molar-refractivity contribution in [2.45, 2.75) is 63.2 Å². The molecule has 0 aromatic heterocycles. The third kappa shape index (κ3) is 3.86. The molecule has 0 amide bonds. The van der Waals surface area contributed by atoms with Gasteiger partial charge in [0.25, 0.3) is 0 Å². The number of fused-ring (bicyclic) bond motifs is 3. The molecule has 38 heavy (non-hydrogen) atoms. The molecule has 0 spiro atoms. The number of aliphatic hydroxyl groups is 1. The van der Waals surface area contributed by atoms with Gasteiger partial charge in [0.05, 0.1) is 29.7 Å². The van der Waals surface area contributed by atoms with Crippen LogP contribution in [0.1, 0.15) is 88.1 Å². The van der Waals surface area contributed by atoms with Gasteiger partial charge in [0.2, 0.25) is 5.78 Å². The van der Waals surface area contributed by atoms with Crippen LogP contribution in [0, 0.1) is 5.92 Å². The predicted octanol–water partition coefficient (Wildman–Crippen LogP) is 2.25. The summed E-state index contributed by atoms with van der Waals surface area (Å²) >= 11 is 0. The fourth-order valence-corrected chi connectivity index (χ4v) is 5.97. The van der Waals surface area contributed by atoms with Crippen molar-refractivity contribution >= 4 is 23.3 Å². The number of methoxy groups -OCH3 is 1. The van der Waals surface area contributed by atoms with E-state index in [1.165, 1.54) is 25.3 Å². The zero-order valence-electron chi connectivity index (χ0n) is 21.1. The Morgan fingerprint density at radius 1 is 1.05 bits per heavy atom.